The third-order valence-electron chi connectivity index (χ3n) is 2.86. The van der Waals surface area contributed by atoms with Crippen molar-refractivity contribution in [3.05, 3.63) is 29.6 Å². The summed E-state index contributed by atoms with van der Waals surface area (Å²) < 4.78 is 5.16. The van der Waals surface area contributed by atoms with E-state index in [2.05, 4.69) is 28.6 Å². The van der Waals surface area contributed by atoms with Crippen LogP contribution in [0.5, 0.6) is 0 Å². The molecule has 5 heteroatoms. The van der Waals surface area contributed by atoms with Crippen molar-refractivity contribution in [1.82, 2.24) is 15.6 Å². The molecule has 118 valence electrons. The molecule has 2 N–H and O–H groups in total. The standard InChI is InChI=1S/C16H27N3O2/c1-5-13-8-6-10-18-14(13)12-17-9-7-11-19-15(20)21-16(2,3)4/h6,8,10,17H,5,7,9,11-12H2,1-4H3,(H,19,20). The molecule has 1 amide bonds. The number of rotatable bonds is 7. The van der Waals surface area contributed by atoms with Crippen LogP contribution < -0.4 is 10.6 Å². The van der Waals surface area contributed by atoms with Crippen LogP contribution in [0.4, 0.5) is 4.79 Å². The van der Waals surface area contributed by atoms with Gasteiger partial charge in [0.2, 0.25) is 0 Å². The van der Waals surface area contributed by atoms with Gasteiger partial charge >= 0.3 is 6.09 Å². The van der Waals surface area contributed by atoms with Gasteiger partial charge in [-0.05, 0) is 51.8 Å². The first-order valence-corrected chi connectivity index (χ1v) is 7.52. The average molecular weight is 293 g/mol. The molecule has 1 rings (SSSR count). The molecule has 21 heavy (non-hydrogen) atoms. The first kappa shape index (κ1) is 17.4. The summed E-state index contributed by atoms with van der Waals surface area (Å²) >= 11 is 0. The van der Waals surface area contributed by atoms with E-state index in [0.717, 1.165) is 31.6 Å². The highest BCUT2D eigenvalue weighted by molar-refractivity contribution is 5.67. The Balaban J connectivity index is 2.14. The SMILES string of the molecule is CCc1cccnc1CNCCCNC(=O)OC(C)(C)C. The summed E-state index contributed by atoms with van der Waals surface area (Å²) in [5.41, 5.74) is 1.93. The number of carbonyl (C=O) groups is 1. The summed E-state index contributed by atoms with van der Waals surface area (Å²) in [5.74, 6) is 0. The number of ether oxygens (including phenoxy) is 1. The van der Waals surface area contributed by atoms with Crippen molar-refractivity contribution in [1.29, 1.82) is 0 Å². The van der Waals surface area contributed by atoms with E-state index >= 15 is 0 Å². The number of carbonyl (C=O) groups excluding carboxylic acids is 1. The third kappa shape index (κ3) is 7.66. The first-order valence-electron chi connectivity index (χ1n) is 7.52. The monoisotopic (exact) mass is 293 g/mol. The van der Waals surface area contributed by atoms with Crippen LogP contribution in [0, 0.1) is 0 Å². The van der Waals surface area contributed by atoms with Gasteiger partial charge in [0.05, 0.1) is 5.69 Å². The molecule has 0 saturated heterocycles. The number of nitrogens with one attached hydrogen (secondary N) is 2. The maximum absolute atomic E-state index is 11.4. The number of amides is 1. The fourth-order valence-corrected chi connectivity index (χ4v) is 1.88. The van der Waals surface area contributed by atoms with Crippen molar-refractivity contribution in [2.75, 3.05) is 13.1 Å². The Kier molecular flexibility index (Phi) is 7.15. The van der Waals surface area contributed by atoms with E-state index in [1.54, 1.807) is 0 Å². The molecule has 1 heterocycles. The number of pyridine rings is 1. The average Bonchev–Trinajstić information content (AvgIpc) is 2.41. The number of alkyl carbamates (subject to hydrolysis) is 1. The Hall–Kier alpha value is -1.62. The van der Waals surface area contributed by atoms with Crippen molar-refractivity contribution in [3.63, 3.8) is 0 Å². The quantitative estimate of drug-likeness (QED) is 0.759. The molecule has 0 atom stereocenters. The molecule has 1 aromatic rings. The van der Waals surface area contributed by atoms with E-state index < -0.39 is 5.60 Å². The molecule has 0 aromatic carbocycles. The number of aromatic nitrogens is 1. The van der Waals surface area contributed by atoms with E-state index in [-0.39, 0.29) is 6.09 Å². The van der Waals surface area contributed by atoms with E-state index in [1.807, 2.05) is 33.0 Å². The van der Waals surface area contributed by atoms with Gasteiger partial charge in [0, 0.05) is 19.3 Å². The van der Waals surface area contributed by atoms with Crippen LogP contribution in [0.25, 0.3) is 0 Å². The zero-order chi connectivity index (χ0) is 15.7. The predicted octanol–water partition coefficient (Wildman–Crippen LogP) is 2.65. The predicted molar refractivity (Wildman–Crippen MR) is 84.2 cm³/mol. The van der Waals surface area contributed by atoms with Gasteiger partial charge in [0.25, 0.3) is 0 Å². The van der Waals surface area contributed by atoms with Gasteiger partial charge in [-0.1, -0.05) is 13.0 Å². The van der Waals surface area contributed by atoms with Gasteiger partial charge in [0.1, 0.15) is 5.60 Å². The highest BCUT2D eigenvalue weighted by Gasteiger charge is 2.15. The minimum absolute atomic E-state index is 0.361. The van der Waals surface area contributed by atoms with Crippen molar-refractivity contribution >= 4 is 6.09 Å². The minimum Gasteiger partial charge on any atom is -0.444 e. The third-order valence-corrected chi connectivity index (χ3v) is 2.86. The molecule has 0 saturated carbocycles. The van der Waals surface area contributed by atoms with Crippen LogP contribution in [0.1, 0.15) is 45.4 Å². The summed E-state index contributed by atoms with van der Waals surface area (Å²) in [6.07, 6.45) is 3.30. The van der Waals surface area contributed by atoms with Gasteiger partial charge in [-0.3, -0.25) is 4.98 Å². The maximum Gasteiger partial charge on any atom is 0.407 e. The maximum atomic E-state index is 11.4. The van der Waals surface area contributed by atoms with Crippen molar-refractivity contribution in [2.45, 2.75) is 52.7 Å². The molecule has 0 radical (unpaired) electrons. The van der Waals surface area contributed by atoms with Crippen molar-refractivity contribution < 1.29 is 9.53 Å². The Morgan fingerprint density at radius 3 is 2.76 bits per heavy atom. The van der Waals surface area contributed by atoms with Gasteiger partial charge in [0.15, 0.2) is 0 Å². The zero-order valence-electron chi connectivity index (χ0n) is 13.5. The molecular weight excluding hydrogens is 266 g/mol. The largest absolute Gasteiger partial charge is 0.444 e. The Morgan fingerprint density at radius 2 is 2.10 bits per heavy atom. The molecule has 5 nitrogen and oxygen atoms in total. The second-order valence-corrected chi connectivity index (χ2v) is 5.92. The van der Waals surface area contributed by atoms with E-state index in [0.29, 0.717) is 6.54 Å². The van der Waals surface area contributed by atoms with Crippen LogP contribution in [-0.2, 0) is 17.7 Å². The van der Waals surface area contributed by atoms with Crippen molar-refractivity contribution in [3.8, 4) is 0 Å². The number of aryl methyl sites for hydroxylation is 1. The highest BCUT2D eigenvalue weighted by Crippen LogP contribution is 2.06. The second-order valence-electron chi connectivity index (χ2n) is 5.92. The lowest BCUT2D eigenvalue weighted by molar-refractivity contribution is 0.0527. The zero-order valence-corrected chi connectivity index (χ0v) is 13.5. The lowest BCUT2D eigenvalue weighted by atomic mass is 10.1. The van der Waals surface area contributed by atoms with Gasteiger partial charge in [-0.2, -0.15) is 0 Å². The number of hydrogen-bond donors (Lipinski definition) is 2. The van der Waals surface area contributed by atoms with Gasteiger partial charge < -0.3 is 15.4 Å². The lowest BCUT2D eigenvalue weighted by Gasteiger charge is -2.19. The second kappa shape index (κ2) is 8.62. The van der Waals surface area contributed by atoms with Gasteiger partial charge in [-0.25, -0.2) is 4.79 Å². The molecule has 0 aliphatic rings. The first-order chi connectivity index (χ1) is 9.92. The van der Waals surface area contributed by atoms with Gasteiger partial charge in [-0.15, -0.1) is 0 Å². The fraction of sp³-hybridized carbons (Fsp3) is 0.625. The summed E-state index contributed by atoms with van der Waals surface area (Å²) in [4.78, 5) is 15.8. The van der Waals surface area contributed by atoms with Crippen LogP contribution >= 0.6 is 0 Å². The molecular formula is C16H27N3O2. The minimum atomic E-state index is -0.447. The van der Waals surface area contributed by atoms with E-state index in [1.165, 1.54) is 5.56 Å². The molecule has 0 unspecified atom stereocenters. The van der Waals surface area contributed by atoms with Crippen LogP contribution in [0.2, 0.25) is 0 Å². The Labute approximate surface area is 127 Å². The number of nitrogens with zero attached hydrogens (tertiary/aromatic N) is 1. The summed E-state index contributed by atoms with van der Waals surface area (Å²) in [6.45, 7) is 9.88. The highest BCUT2D eigenvalue weighted by atomic mass is 16.6. The van der Waals surface area contributed by atoms with Crippen molar-refractivity contribution in [2.24, 2.45) is 0 Å². The fourth-order valence-electron chi connectivity index (χ4n) is 1.88. The smallest absolute Gasteiger partial charge is 0.407 e. The van der Waals surface area contributed by atoms with Crippen LogP contribution in [-0.4, -0.2) is 29.8 Å². The van der Waals surface area contributed by atoms with Crippen LogP contribution in [0.3, 0.4) is 0 Å². The molecule has 0 fully saturated rings. The summed E-state index contributed by atoms with van der Waals surface area (Å²) in [7, 11) is 0. The molecule has 1 aromatic heterocycles. The lowest BCUT2D eigenvalue weighted by Crippen LogP contribution is -2.33. The Morgan fingerprint density at radius 1 is 1.33 bits per heavy atom. The Bertz CT molecular complexity index is 441. The molecule has 0 aliphatic heterocycles. The summed E-state index contributed by atoms with van der Waals surface area (Å²) in [6, 6.07) is 4.07. The summed E-state index contributed by atoms with van der Waals surface area (Å²) in [5, 5.41) is 6.09. The number of hydrogen-bond acceptors (Lipinski definition) is 4. The topological polar surface area (TPSA) is 63.2 Å². The normalized spacial score (nSPS) is 11.2. The molecule has 0 bridgehead atoms. The van der Waals surface area contributed by atoms with E-state index in [9.17, 15) is 4.79 Å². The molecule has 0 aliphatic carbocycles. The molecule has 0 spiro atoms. The van der Waals surface area contributed by atoms with E-state index in [4.69, 9.17) is 4.74 Å². The van der Waals surface area contributed by atoms with Crippen LogP contribution in [0.15, 0.2) is 18.3 Å².